The van der Waals surface area contributed by atoms with Crippen molar-refractivity contribution in [1.82, 2.24) is 5.32 Å². The van der Waals surface area contributed by atoms with E-state index in [2.05, 4.69) is 5.32 Å². The average Bonchev–Trinajstić information content (AvgIpc) is 1.85. The van der Waals surface area contributed by atoms with E-state index in [0.29, 0.717) is 25.9 Å². The molecule has 0 saturated heterocycles. The number of carbonyl (C=O) groups excluding carboxylic acids is 2. The summed E-state index contributed by atoms with van der Waals surface area (Å²) in [6, 6.07) is 0. The Balaban J connectivity index is 3.03. The van der Waals surface area contributed by atoms with E-state index < -0.39 is 0 Å². The Labute approximate surface area is 67.2 Å². The lowest BCUT2D eigenvalue weighted by Gasteiger charge is -1.97. The minimum Gasteiger partial charge on any atom is -0.300 e. The van der Waals surface area contributed by atoms with Gasteiger partial charge in [-0.1, -0.05) is 0 Å². The summed E-state index contributed by atoms with van der Waals surface area (Å²) in [5, 5.41) is 4.01. The summed E-state index contributed by atoms with van der Waals surface area (Å²) >= 11 is 0. The Morgan fingerprint density at radius 2 is 1.36 bits per heavy atom. The summed E-state index contributed by atoms with van der Waals surface area (Å²) in [5.41, 5.74) is 0. The van der Waals surface area contributed by atoms with Gasteiger partial charge >= 0.3 is 0 Å². The smallest absolute Gasteiger partial charge is 0.131 e. The van der Waals surface area contributed by atoms with Crippen LogP contribution in [-0.4, -0.2) is 24.7 Å². The maximum atomic E-state index is 10.4. The Bertz CT molecular complexity index is 127. The molecule has 0 aromatic heterocycles. The molecule has 0 rings (SSSR count). The van der Waals surface area contributed by atoms with Gasteiger partial charge in [0.15, 0.2) is 0 Å². The van der Waals surface area contributed by atoms with E-state index in [1.165, 1.54) is 0 Å². The quantitative estimate of drug-likeness (QED) is 0.527. The van der Waals surface area contributed by atoms with Crippen molar-refractivity contribution in [1.29, 1.82) is 0 Å². The SMILES string of the molecule is CC(=O)CC[N]CCC(C)=O. The molecule has 1 radical (unpaired) electrons. The standard InChI is InChI=1S/C8H14NO2/c1-7(10)3-5-9-6-4-8(2)11/h3-6H2,1-2H3. The van der Waals surface area contributed by atoms with E-state index in [1.807, 2.05) is 0 Å². The molecule has 0 aromatic carbocycles. The van der Waals surface area contributed by atoms with E-state index in [9.17, 15) is 9.59 Å². The molecular formula is C8H14NO2. The summed E-state index contributed by atoms with van der Waals surface area (Å²) < 4.78 is 0. The van der Waals surface area contributed by atoms with Gasteiger partial charge in [-0.05, 0) is 13.8 Å². The van der Waals surface area contributed by atoms with Crippen molar-refractivity contribution in [2.24, 2.45) is 0 Å². The highest BCUT2D eigenvalue weighted by Crippen LogP contribution is 1.82. The van der Waals surface area contributed by atoms with Gasteiger partial charge < -0.3 is 0 Å². The molecule has 0 spiro atoms. The first-order valence-electron chi connectivity index (χ1n) is 3.75. The highest BCUT2D eigenvalue weighted by molar-refractivity contribution is 5.76. The zero-order valence-corrected chi connectivity index (χ0v) is 7.09. The Hall–Kier alpha value is -0.700. The number of ketones is 2. The largest absolute Gasteiger partial charge is 0.300 e. The number of carbonyl (C=O) groups is 2. The summed E-state index contributed by atoms with van der Waals surface area (Å²) in [5.74, 6) is 0.299. The lowest BCUT2D eigenvalue weighted by Crippen LogP contribution is -2.13. The molecule has 0 unspecified atom stereocenters. The Kier molecular flexibility index (Phi) is 5.65. The van der Waals surface area contributed by atoms with Gasteiger partial charge in [0, 0.05) is 25.9 Å². The third kappa shape index (κ3) is 9.30. The van der Waals surface area contributed by atoms with Crippen molar-refractivity contribution in [3.05, 3.63) is 0 Å². The molecule has 3 heteroatoms. The predicted molar refractivity (Wildman–Crippen MR) is 42.5 cm³/mol. The molecule has 0 aromatic rings. The fourth-order valence-corrected chi connectivity index (χ4v) is 0.585. The summed E-state index contributed by atoms with van der Waals surface area (Å²) in [4.78, 5) is 20.8. The van der Waals surface area contributed by atoms with Crippen LogP contribution in [0.25, 0.3) is 0 Å². The Morgan fingerprint density at radius 3 is 1.64 bits per heavy atom. The van der Waals surface area contributed by atoms with Gasteiger partial charge in [-0.3, -0.25) is 9.59 Å². The summed E-state index contributed by atoms with van der Waals surface area (Å²) in [6.07, 6.45) is 0.996. The fourth-order valence-electron chi connectivity index (χ4n) is 0.585. The number of hydrogen-bond donors (Lipinski definition) is 0. The minimum absolute atomic E-state index is 0.150. The van der Waals surface area contributed by atoms with Crippen LogP contribution < -0.4 is 5.32 Å². The zero-order chi connectivity index (χ0) is 8.69. The molecule has 0 fully saturated rings. The maximum absolute atomic E-state index is 10.4. The highest BCUT2D eigenvalue weighted by atomic mass is 16.1. The summed E-state index contributed by atoms with van der Waals surface area (Å²) in [6.45, 7) is 4.20. The van der Waals surface area contributed by atoms with Crippen LogP contribution in [0.1, 0.15) is 26.7 Å². The predicted octanol–water partition coefficient (Wildman–Crippen LogP) is 0.549. The molecule has 0 aliphatic carbocycles. The Morgan fingerprint density at radius 1 is 1.00 bits per heavy atom. The molecule has 3 nitrogen and oxygen atoms in total. The van der Waals surface area contributed by atoms with E-state index in [4.69, 9.17) is 0 Å². The van der Waals surface area contributed by atoms with Crippen molar-refractivity contribution in [3.63, 3.8) is 0 Å². The van der Waals surface area contributed by atoms with Crippen LogP contribution in [-0.2, 0) is 9.59 Å². The molecule has 0 aliphatic heterocycles. The molecule has 63 valence electrons. The van der Waals surface area contributed by atoms with Gasteiger partial charge in [0.1, 0.15) is 11.6 Å². The van der Waals surface area contributed by atoms with Gasteiger partial charge in [-0.2, -0.15) is 0 Å². The molecule has 11 heavy (non-hydrogen) atoms. The molecule has 0 atom stereocenters. The van der Waals surface area contributed by atoms with E-state index in [0.717, 1.165) is 0 Å². The first-order valence-corrected chi connectivity index (χ1v) is 3.75. The number of Topliss-reactive ketones (excluding diaryl/α,β-unsaturated/α-hetero) is 2. The van der Waals surface area contributed by atoms with Gasteiger partial charge in [0.2, 0.25) is 0 Å². The van der Waals surface area contributed by atoms with E-state index in [1.54, 1.807) is 13.8 Å². The third-order valence-electron chi connectivity index (χ3n) is 1.24. The summed E-state index contributed by atoms with van der Waals surface area (Å²) in [7, 11) is 0. The second-order valence-electron chi connectivity index (χ2n) is 2.57. The van der Waals surface area contributed by atoms with Gasteiger partial charge in [0.05, 0.1) is 0 Å². The van der Waals surface area contributed by atoms with Gasteiger partial charge in [-0.25, -0.2) is 5.32 Å². The first-order chi connectivity index (χ1) is 5.13. The minimum atomic E-state index is 0.150. The molecule has 0 N–H and O–H groups in total. The van der Waals surface area contributed by atoms with Crippen LogP contribution in [0, 0.1) is 0 Å². The average molecular weight is 156 g/mol. The van der Waals surface area contributed by atoms with E-state index in [-0.39, 0.29) is 11.6 Å². The normalized spacial score (nSPS) is 9.64. The van der Waals surface area contributed by atoms with Crippen molar-refractivity contribution in [2.45, 2.75) is 26.7 Å². The molecule has 0 saturated carbocycles. The molecule has 0 aliphatic rings. The lowest BCUT2D eigenvalue weighted by molar-refractivity contribution is -0.117. The zero-order valence-electron chi connectivity index (χ0n) is 7.09. The fraction of sp³-hybridized carbons (Fsp3) is 0.750. The van der Waals surface area contributed by atoms with Crippen LogP contribution >= 0.6 is 0 Å². The first kappa shape index (κ1) is 10.3. The number of nitrogens with zero attached hydrogens (tertiary/aromatic N) is 1. The van der Waals surface area contributed by atoms with Crippen LogP contribution in [0.4, 0.5) is 0 Å². The maximum Gasteiger partial charge on any atom is 0.131 e. The van der Waals surface area contributed by atoms with Crippen LogP contribution in [0.5, 0.6) is 0 Å². The number of rotatable bonds is 6. The third-order valence-corrected chi connectivity index (χ3v) is 1.24. The second kappa shape index (κ2) is 6.04. The van der Waals surface area contributed by atoms with E-state index >= 15 is 0 Å². The van der Waals surface area contributed by atoms with Crippen LogP contribution in [0.3, 0.4) is 0 Å². The molecule has 0 bridgehead atoms. The van der Waals surface area contributed by atoms with Crippen molar-refractivity contribution >= 4 is 11.6 Å². The topological polar surface area (TPSA) is 48.2 Å². The van der Waals surface area contributed by atoms with Crippen LogP contribution in [0.15, 0.2) is 0 Å². The highest BCUT2D eigenvalue weighted by Gasteiger charge is 1.95. The lowest BCUT2D eigenvalue weighted by atomic mass is 10.3. The molecule has 0 amide bonds. The van der Waals surface area contributed by atoms with Crippen LogP contribution in [0.2, 0.25) is 0 Å². The van der Waals surface area contributed by atoms with Gasteiger partial charge in [-0.15, -0.1) is 0 Å². The van der Waals surface area contributed by atoms with Crippen molar-refractivity contribution in [3.8, 4) is 0 Å². The van der Waals surface area contributed by atoms with Crippen molar-refractivity contribution in [2.75, 3.05) is 13.1 Å². The second-order valence-corrected chi connectivity index (χ2v) is 2.57. The molecule has 0 heterocycles. The number of hydrogen-bond acceptors (Lipinski definition) is 2. The monoisotopic (exact) mass is 156 g/mol. The van der Waals surface area contributed by atoms with Gasteiger partial charge in [0.25, 0.3) is 0 Å². The van der Waals surface area contributed by atoms with Crippen molar-refractivity contribution < 1.29 is 9.59 Å². The molecular weight excluding hydrogens is 142 g/mol.